The Balaban J connectivity index is 1.72. The lowest BCUT2D eigenvalue weighted by atomic mass is 10.1. The molecule has 0 aliphatic heterocycles. The number of aryl methyl sites for hydroxylation is 1. The van der Waals surface area contributed by atoms with Crippen LogP contribution >= 0.6 is 0 Å². The molecule has 4 aromatic rings. The molecule has 34 heavy (non-hydrogen) atoms. The van der Waals surface area contributed by atoms with E-state index in [0.717, 1.165) is 45.2 Å². The molecular weight excluding hydrogens is 422 g/mol. The molecule has 0 saturated heterocycles. The first-order valence-corrected chi connectivity index (χ1v) is 11.1. The van der Waals surface area contributed by atoms with Gasteiger partial charge in [-0.05, 0) is 80.4 Å². The molecule has 0 spiro atoms. The number of oxime groups is 1. The highest BCUT2D eigenvalue weighted by Crippen LogP contribution is 2.31. The van der Waals surface area contributed by atoms with Crippen LogP contribution in [-0.4, -0.2) is 17.4 Å². The van der Waals surface area contributed by atoms with Crippen molar-refractivity contribution in [2.24, 2.45) is 5.16 Å². The molecule has 0 fully saturated rings. The average Bonchev–Trinajstić information content (AvgIpc) is 3.21. The number of ether oxygens (including phenoxy) is 1. The summed E-state index contributed by atoms with van der Waals surface area (Å²) in [5.74, 6) is 0.818. The van der Waals surface area contributed by atoms with Gasteiger partial charge in [0.05, 0.1) is 30.1 Å². The van der Waals surface area contributed by atoms with Crippen LogP contribution in [-0.2, 0) is 11.4 Å². The van der Waals surface area contributed by atoms with Gasteiger partial charge in [-0.15, -0.1) is 0 Å². The van der Waals surface area contributed by atoms with Gasteiger partial charge in [-0.2, -0.15) is 5.26 Å². The van der Waals surface area contributed by atoms with Crippen molar-refractivity contribution in [2.45, 2.75) is 27.4 Å². The predicted octanol–water partition coefficient (Wildman–Crippen LogP) is 6.58. The second-order valence-corrected chi connectivity index (χ2v) is 8.15. The third-order valence-corrected chi connectivity index (χ3v) is 5.84. The Hall–Kier alpha value is -4.30. The van der Waals surface area contributed by atoms with Gasteiger partial charge in [0.2, 0.25) is 0 Å². The molecule has 0 aliphatic carbocycles. The zero-order valence-electron chi connectivity index (χ0n) is 19.9. The Kier molecular flexibility index (Phi) is 6.79. The van der Waals surface area contributed by atoms with E-state index in [1.54, 1.807) is 13.2 Å². The van der Waals surface area contributed by atoms with Crippen molar-refractivity contribution < 1.29 is 9.57 Å². The summed E-state index contributed by atoms with van der Waals surface area (Å²) in [7, 11) is 1.67. The summed E-state index contributed by atoms with van der Waals surface area (Å²) in [4.78, 5) is 5.65. The lowest BCUT2D eigenvalue weighted by Gasteiger charge is -2.13. The summed E-state index contributed by atoms with van der Waals surface area (Å²) in [5, 5.41) is 13.7. The fourth-order valence-corrected chi connectivity index (χ4v) is 4.05. The van der Waals surface area contributed by atoms with Crippen LogP contribution in [0.3, 0.4) is 0 Å². The molecule has 0 unspecified atom stereocenters. The standard InChI is InChI=1S/C29H27N3O2/c1-20-8-7-11-26(16-20)32-22(3)28(17-29(32)23-12-14-27(33-4)15-13-23)21(2)31-34-19-25-10-6-5-9-24(25)18-30/h5-17H,19H2,1-4H3/b31-21-. The zero-order valence-corrected chi connectivity index (χ0v) is 19.9. The molecule has 5 heteroatoms. The Morgan fingerprint density at radius 1 is 0.971 bits per heavy atom. The Bertz CT molecular complexity index is 1380. The predicted molar refractivity (Wildman–Crippen MR) is 135 cm³/mol. The molecule has 4 rings (SSSR count). The quantitative estimate of drug-likeness (QED) is 0.236. The minimum Gasteiger partial charge on any atom is -0.497 e. The highest BCUT2D eigenvalue weighted by atomic mass is 16.6. The van der Waals surface area contributed by atoms with Gasteiger partial charge < -0.3 is 14.1 Å². The first-order chi connectivity index (χ1) is 16.5. The van der Waals surface area contributed by atoms with Crippen molar-refractivity contribution >= 4 is 5.71 Å². The number of benzene rings is 3. The van der Waals surface area contributed by atoms with E-state index >= 15 is 0 Å². The molecule has 0 saturated carbocycles. The Morgan fingerprint density at radius 2 is 1.74 bits per heavy atom. The molecule has 0 atom stereocenters. The smallest absolute Gasteiger partial charge is 0.143 e. The van der Waals surface area contributed by atoms with Gasteiger partial charge >= 0.3 is 0 Å². The Labute approximate surface area is 200 Å². The number of methoxy groups -OCH3 is 1. The first kappa shape index (κ1) is 22.9. The van der Waals surface area contributed by atoms with E-state index in [-0.39, 0.29) is 6.61 Å². The summed E-state index contributed by atoms with van der Waals surface area (Å²) in [6.07, 6.45) is 0. The first-order valence-electron chi connectivity index (χ1n) is 11.1. The maximum Gasteiger partial charge on any atom is 0.143 e. The molecule has 1 aromatic heterocycles. The summed E-state index contributed by atoms with van der Waals surface area (Å²) >= 11 is 0. The SMILES string of the molecule is COc1ccc(-c2cc(/C(C)=N\OCc3ccccc3C#N)c(C)n2-c2cccc(C)c2)cc1. The molecule has 170 valence electrons. The number of aromatic nitrogens is 1. The minimum atomic E-state index is 0.240. The van der Waals surface area contributed by atoms with Gasteiger partial charge in [0.1, 0.15) is 12.4 Å². The van der Waals surface area contributed by atoms with Crippen molar-refractivity contribution in [3.8, 4) is 28.8 Å². The van der Waals surface area contributed by atoms with Crippen LogP contribution in [0.15, 0.2) is 84.0 Å². The maximum absolute atomic E-state index is 9.29. The van der Waals surface area contributed by atoms with Gasteiger partial charge in [-0.3, -0.25) is 0 Å². The van der Waals surface area contributed by atoms with Crippen LogP contribution < -0.4 is 4.74 Å². The number of nitriles is 1. The highest BCUT2D eigenvalue weighted by Gasteiger charge is 2.17. The fourth-order valence-electron chi connectivity index (χ4n) is 4.05. The van der Waals surface area contributed by atoms with Crippen molar-refractivity contribution in [1.82, 2.24) is 4.57 Å². The third-order valence-electron chi connectivity index (χ3n) is 5.84. The van der Waals surface area contributed by atoms with E-state index < -0.39 is 0 Å². The normalized spacial score (nSPS) is 11.2. The second kappa shape index (κ2) is 10.1. The van der Waals surface area contributed by atoms with Crippen LogP contribution in [0, 0.1) is 25.2 Å². The topological polar surface area (TPSA) is 59.5 Å². The van der Waals surface area contributed by atoms with Gasteiger partial charge in [0.15, 0.2) is 0 Å². The van der Waals surface area contributed by atoms with E-state index in [4.69, 9.17) is 9.57 Å². The number of nitrogens with zero attached hydrogens (tertiary/aromatic N) is 3. The van der Waals surface area contributed by atoms with E-state index in [2.05, 4.69) is 72.1 Å². The molecule has 0 bridgehead atoms. The van der Waals surface area contributed by atoms with Gasteiger partial charge in [0.25, 0.3) is 0 Å². The van der Waals surface area contributed by atoms with Gasteiger partial charge in [-0.25, -0.2) is 0 Å². The van der Waals surface area contributed by atoms with Crippen molar-refractivity contribution in [1.29, 1.82) is 5.26 Å². The lowest BCUT2D eigenvalue weighted by Crippen LogP contribution is -2.03. The summed E-state index contributed by atoms with van der Waals surface area (Å²) in [6, 6.07) is 28.2. The van der Waals surface area contributed by atoms with E-state index in [9.17, 15) is 5.26 Å². The summed E-state index contributed by atoms with van der Waals surface area (Å²) in [5.41, 5.74) is 8.67. The van der Waals surface area contributed by atoms with Crippen LogP contribution in [0.5, 0.6) is 5.75 Å². The summed E-state index contributed by atoms with van der Waals surface area (Å²) < 4.78 is 7.58. The van der Waals surface area contributed by atoms with Crippen LogP contribution in [0.1, 0.15) is 34.9 Å². The van der Waals surface area contributed by atoms with Gasteiger partial charge in [0, 0.05) is 22.5 Å². The largest absolute Gasteiger partial charge is 0.497 e. The number of hydrogen-bond donors (Lipinski definition) is 0. The molecule has 0 amide bonds. The molecule has 1 heterocycles. The van der Waals surface area contributed by atoms with Crippen molar-refractivity contribution in [2.75, 3.05) is 7.11 Å². The van der Waals surface area contributed by atoms with Crippen LogP contribution in [0.25, 0.3) is 16.9 Å². The highest BCUT2D eigenvalue weighted by molar-refractivity contribution is 6.01. The molecule has 0 aliphatic rings. The average molecular weight is 450 g/mol. The second-order valence-electron chi connectivity index (χ2n) is 8.15. The van der Waals surface area contributed by atoms with E-state index in [1.807, 2.05) is 37.3 Å². The maximum atomic E-state index is 9.29. The monoisotopic (exact) mass is 449 g/mol. The molecule has 5 nitrogen and oxygen atoms in total. The van der Waals surface area contributed by atoms with E-state index in [0.29, 0.717) is 5.56 Å². The lowest BCUT2D eigenvalue weighted by molar-refractivity contribution is 0.130. The van der Waals surface area contributed by atoms with Crippen LogP contribution in [0.2, 0.25) is 0 Å². The summed E-state index contributed by atoms with van der Waals surface area (Å²) in [6.45, 7) is 6.37. The van der Waals surface area contributed by atoms with Crippen LogP contribution in [0.4, 0.5) is 0 Å². The van der Waals surface area contributed by atoms with Gasteiger partial charge in [-0.1, -0.05) is 35.5 Å². The van der Waals surface area contributed by atoms with Crippen molar-refractivity contribution in [3.63, 3.8) is 0 Å². The molecule has 3 aromatic carbocycles. The molecule has 0 N–H and O–H groups in total. The van der Waals surface area contributed by atoms with E-state index in [1.165, 1.54) is 5.56 Å². The number of rotatable bonds is 7. The zero-order chi connectivity index (χ0) is 24.1. The Morgan fingerprint density at radius 3 is 2.44 bits per heavy atom. The van der Waals surface area contributed by atoms with Crippen molar-refractivity contribution in [3.05, 3.63) is 107 Å². The molecule has 0 radical (unpaired) electrons. The third kappa shape index (κ3) is 4.72. The molecular formula is C29H27N3O2. The number of hydrogen-bond acceptors (Lipinski definition) is 4. The minimum absolute atomic E-state index is 0.240. The fraction of sp³-hybridized carbons (Fsp3) is 0.172.